The third kappa shape index (κ3) is 9.23. The molecule has 0 heterocycles. The molecule has 0 amide bonds. The van der Waals surface area contributed by atoms with Crippen LogP contribution in [0.5, 0.6) is 0 Å². The zero-order chi connectivity index (χ0) is 22.7. The molecule has 0 spiro atoms. The molecule has 0 nitrogen and oxygen atoms in total. The van der Waals surface area contributed by atoms with E-state index in [-0.39, 0.29) is 0 Å². The number of rotatable bonds is 13. The lowest BCUT2D eigenvalue weighted by Gasteiger charge is -2.44. The Morgan fingerprint density at radius 1 is 1.17 bits per heavy atom. The van der Waals surface area contributed by atoms with Crippen molar-refractivity contribution in [2.75, 3.05) is 0 Å². The lowest BCUT2D eigenvalue weighted by molar-refractivity contribution is 0.133. The second-order valence-electron chi connectivity index (χ2n) is 10.7. The fourth-order valence-corrected chi connectivity index (χ4v) is 5.05. The molecule has 0 radical (unpaired) electrons. The van der Waals surface area contributed by atoms with Crippen LogP contribution in [0, 0.1) is 23.2 Å². The summed E-state index contributed by atoms with van der Waals surface area (Å²) in [6, 6.07) is 0. The van der Waals surface area contributed by atoms with Crippen LogP contribution in [0.3, 0.4) is 0 Å². The van der Waals surface area contributed by atoms with Gasteiger partial charge in [0.05, 0.1) is 0 Å². The van der Waals surface area contributed by atoms with E-state index in [0.29, 0.717) is 23.2 Å². The van der Waals surface area contributed by atoms with E-state index in [0.717, 1.165) is 0 Å². The van der Waals surface area contributed by atoms with E-state index in [1.54, 1.807) is 11.1 Å². The first kappa shape index (κ1) is 26.7. The van der Waals surface area contributed by atoms with Gasteiger partial charge in [0.1, 0.15) is 0 Å². The van der Waals surface area contributed by atoms with Crippen LogP contribution >= 0.6 is 0 Å². The maximum Gasteiger partial charge on any atom is -0.0111 e. The Morgan fingerprint density at radius 3 is 2.47 bits per heavy atom. The fourth-order valence-electron chi connectivity index (χ4n) is 5.05. The van der Waals surface area contributed by atoms with Gasteiger partial charge >= 0.3 is 0 Å². The van der Waals surface area contributed by atoms with Gasteiger partial charge in [0.15, 0.2) is 0 Å². The van der Waals surface area contributed by atoms with Crippen molar-refractivity contribution in [1.82, 2.24) is 0 Å². The van der Waals surface area contributed by atoms with E-state index in [2.05, 4.69) is 85.9 Å². The molecule has 1 aliphatic carbocycles. The van der Waals surface area contributed by atoms with Gasteiger partial charge in [0.2, 0.25) is 0 Å². The summed E-state index contributed by atoms with van der Waals surface area (Å²) in [5.74, 6) is 1.88. The average Bonchev–Trinajstić information content (AvgIpc) is 2.67. The molecule has 0 fully saturated rings. The van der Waals surface area contributed by atoms with E-state index in [1.165, 1.54) is 68.9 Å². The summed E-state index contributed by atoms with van der Waals surface area (Å²) in [7, 11) is 0. The molecule has 0 aromatic rings. The van der Waals surface area contributed by atoms with Gasteiger partial charge in [-0.05, 0) is 109 Å². The zero-order valence-electron chi connectivity index (χ0n) is 21.3. The van der Waals surface area contributed by atoms with Crippen LogP contribution in [-0.4, -0.2) is 0 Å². The van der Waals surface area contributed by atoms with Crippen LogP contribution in [0.2, 0.25) is 0 Å². The SMILES string of the molecule is C=CC(C)CCCC(C)(CCC=C(C)CCC=C(C)C)C1C=C(C)CCC1C(=C)C. The largest absolute Gasteiger partial charge is 0.103 e. The lowest BCUT2D eigenvalue weighted by atomic mass is 9.61. The molecule has 0 heteroatoms. The Balaban J connectivity index is 2.94. The van der Waals surface area contributed by atoms with Crippen molar-refractivity contribution in [1.29, 1.82) is 0 Å². The molecule has 30 heavy (non-hydrogen) atoms. The molecule has 0 N–H and O–H groups in total. The molecule has 0 saturated heterocycles. The van der Waals surface area contributed by atoms with Crippen LogP contribution in [-0.2, 0) is 0 Å². The Morgan fingerprint density at radius 2 is 1.87 bits per heavy atom. The van der Waals surface area contributed by atoms with Gasteiger partial charge in [-0.25, -0.2) is 0 Å². The monoisotopic (exact) mass is 410 g/mol. The van der Waals surface area contributed by atoms with Crippen molar-refractivity contribution in [3.05, 3.63) is 59.8 Å². The summed E-state index contributed by atoms with van der Waals surface area (Å²) < 4.78 is 0. The van der Waals surface area contributed by atoms with Crippen LogP contribution in [0.1, 0.15) is 106 Å². The van der Waals surface area contributed by atoms with Gasteiger partial charge in [0.25, 0.3) is 0 Å². The molecular weight excluding hydrogens is 360 g/mol. The second-order valence-corrected chi connectivity index (χ2v) is 10.7. The van der Waals surface area contributed by atoms with Gasteiger partial charge < -0.3 is 0 Å². The predicted molar refractivity (Wildman–Crippen MR) is 138 cm³/mol. The van der Waals surface area contributed by atoms with Crippen molar-refractivity contribution in [3.8, 4) is 0 Å². The number of hydrogen-bond donors (Lipinski definition) is 0. The van der Waals surface area contributed by atoms with Crippen molar-refractivity contribution >= 4 is 0 Å². The summed E-state index contributed by atoms with van der Waals surface area (Å²) >= 11 is 0. The smallest absolute Gasteiger partial charge is 0.0111 e. The molecule has 170 valence electrons. The van der Waals surface area contributed by atoms with Crippen molar-refractivity contribution in [2.24, 2.45) is 23.2 Å². The molecule has 0 bridgehead atoms. The minimum atomic E-state index is 0.336. The highest BCUT2D eigenvalue weighted by atomic mass is 14.4. The topological polar surface area (TPSA) is 0 Å². The number of allylic oxidation sites excluding steroid dienone is 8. The van der Waals surface area contributed by atoms with E-state index < -0.39 is 0 Å². The van der Waals surface area contributed by atoms with Gasteiger partial charge in [-0.2, -0.15) is 0 Å². The predicted octanol–water partition coefficient (Wildman–Crippen LogP) is 10.0. The quantitative estimate of drug-likeness (QED) is 0.265. The highest BCUT2D eigenvalue weighted by Crippen LogP contribution is 2.49. The maximum absolute atomic E-state index is 4.39. The summed E-state index contributed by atoms with van der Waals surface area (Å²) in [5.41, 5.74) is 6.26. The Kier molecular flexibility index (Phi) is 11.7. The highest BCUT2D eigenvalue weighted by Gasteiger charge is 2.38. The Bertz CT molecular complexity index is 637. The summed E-state index contributed by atoms with van der Waals surface area (Å²) in [5, 5.41) is 0. The molecule has 1 rings (SSSR count). The first-order valence-corrected chi connectivity index (χ1v) is 12.3. The van der Waals surface area contributed by atoms with Crippen LogP contribution in [0.15, 0.2) is 59.8 Å². The van der Waals surface area contributed by atoms with E-state index in [9.17, 15) is 0 Å². The van der Waals surface area contributed by atoms with Gasteiger partial charge in [0, 0.05) is 0 Å². The standard InChI is InChI=1S/C30H50/c1-10-25(6)16-12-20-30(9,21-13-17-26(7)15-11-14-23(2)3)29-22-27(8)18-19-28(29)24(4)5/h10,14,17,22,25,28-29H,1,4,11-13,15-16,18-21H2,2-3,5-9H3. The van der Waals surface area contributed by atoms with E-state index in [1.807, 2.05) is 0 Å². The molecule has 4 atom stereocenters. The van der Waals surface area contributed by atoms with Gasteiger partial charge in [-0.3, -0.25) is 0 Å². The lowest BCUT2D eigenvalue weighted by Crippen LogP contribution is -2.34. The van der Waals surface area contributed by atoms with Crippen molar-refractivity contribution in [2.45, 2.75) is 106 Å². The first-order chi connectivity index (χ1) is 14.1. The normalized spacial score (nSPS) is 22.6. The molecule has 1 aliphatic rings. The summed E-state index contributed by atoms with van der Waals surface area (Å²) in [6.07, 6.45) is 20.8. The van der Waals surface area contributed by atoms with Gasteiger partial charge in [-0.1, -0.05) is 73.4 Å². The third-order valence-corrected chi connectivity index (χ3v) is 7.29. The van der Waals surface area contributed by atoms with Crippen LogP contribution in [0.4, 0.5) is 0 Å². The number of hydrogen-bond acceptors (Lipinski definition) is 0. The summed E-state index contributed by atoms with van der Waals surface area (Å²) in [6.45, 7) is 24.5. The molecule has 0 saturated carbocycles. The van der Waals surface area contributed by atoms with Gasteiger partial charge in [-0.15, -0.1) is 6.58 Å². The summed E-state index contributed by atoms with van der Waals surface area (Å²) in [4.78, 5) is 0. The minimum Gasteiger partial charge on any atom is -0.103 e. The molecular formula is C30H50. The van der Waals surface area contributed by atoms with E-state index in [4.69, 9.17) is 0 Å². The van der Waals surface area contributed by atoms with Crippen LogP contribution in [0.25, 0.3) is 0 Å². The van der Waals surface area contributed by atoms with E-state index >= 15 is 0 Å². The van der Waals surface area contributed by atoms with Crippen LogP contribution < -0.4 is 0 Å². The first-order valence-electron chi connectivity index (χ1n) is 12.3. The fraction of sp³-hybridized carbons (Fsp3) is 0.667. The highest BCUT2D eigenvalue weighted by molar-refractivity contribution is 5.17. The Labute approximate surface area is 189 Å². The second kappa shape index (κ2) is 13.2. The maximum atomic E-state index is 4.39. The molecule has 0 aromatic carbocycles. The Hall–Kier alpha value is -1.30. The zero-order valence-corrected chi connectivity index (χ0v) is 21.3. The average molecular weight is 411 g/mol. The third-order valence-electron chi connectivity index (χ3n) is 7.29. The molecule has 0 aliphatic heterocycles. The molecule has 4 unspecified atom stereocenters. The van der Waals surface area contributed by atoms with Crippen molar-refractivity contribution in [3.63, 3.8) is 0 Å². The van der Waals surface area contributed by atoms with Crippen molar-refractivity contribution < 1.29 is 0 Å². The molecule has 0 aromatic heterocycles. The minimum absolute atomic E-state index is 0.336.